The summed E-state index contributed by atoms with van der Waals surface area (Å²) in [5.41, 5.74) is 4.62. The molecule has 26 heavy (non-hydrogen) atoms. The third-order valence-corrected chi connectivity index (χ3v) is 3.97. The molecule has 0 atom stereocenters. The maximum absolute atomic E-state index is 12.8. The van der Waals surface area contributed by atoms with Crippen molar-refractivity contribution in [2.24, 2.45) is 5.73 Å². The number of aromatic nitrogens is 2. The number of nitrogens with zero attached hydrogens (tertiary/aromatic N) is 3. The van der Waals surface area contributed by atoms with E-state index >= 15 is 0 Å². The van der Waals surface area contributed by atoms with Crippen LogP contribution in [0.1, 0.15) is 5.56 Å². The average Bonchev–Trinajstić information content (AvgIpc) is 2.63. The lowest BCUT2D eigenvalue weighted by atomic mass is 10.2. The van der Waals surface area contributed by atoms with Crippen LogP contribution >= 0.6 is 15.9 Å². The Labute approximate surface area is 156 Å². The van der Waals surface area contributed by atoms with Crippen molar-refractivity contribution in [1.82, 2.24) is 9.38 Å². The molecule has 128 valence electrons. The summed E-state index contributed by atoms with van der Waals surface area (Å²) in [6.07, 6.45) is 2.62. The second kappa shape index (κ2) is 7.21. The van der Waals surface area contributed by atoms with E-state index < -0.39 is 11.5 Å². The highest BCUT2D eigenvalue weighted by molar-refractivity contribution is 9.10. The second-order valence-corrected chi connectivity index (χ2v) is 6.07. The highest BCUT2D eigenvalue weighted by atomic mass is 79.9. The number of nitriles is 1. The first-order valence-electron chi connectivity index (χ1n) is 7.36. The number of fused-ring (bicyclic) bond motifs is 1. The summed E-state index contributed by atoms with van der Waals surface area (Å²) >= 11 is 3.33. The number of primary amides is 1. The van der Waals surface area contributed by atoms with Gasteiger partial charge in [0.2, 0.25) is 5.88 Å². The first-order valence-corrected chi connectivity index (χ1v) is 8.15. The summed E-state index contributed by atoms with van der Waals surface area (Å²) in [4.78, 5) is 28.5. The van der Waals surface area contributed by atoms with Crippen molar-refractivity contribution in [2.75, 3.05) is 0 Å². The van der Waals surface area contributed by atoms with E-state index in [0.29, 0.717) is 11.4 Å². The Balaban J connectivity index is 2.24. The van der Waals surface area contributed by atoms with Crippen LogP contribution in [0.3, 0.4) is 0 Å². The van der Waals surface area contributed by atoms with Crippen LogP contribution in [0, 0.1) is 11.3 Å². The zero-order chi connectivity index (χ0) is 18.7. The fourth-order valence-corrected chi connectivity index (χ4v) is 2.47. The topological polar surface area (TPSA) is 110 Å². The monoisotopic (exact) mass is 410 g/mol. The molecule has 1 amide bonds. The molecule has 0 aliphatic carbocycles. The van der Waals surface area contributed by atoms with Crippen LogP contribution in [-0.4, -0.2) is 15.3 Å². The van der Waals surface area contributed by atoms with E-state index in [0.717, 1.165) is 10.5 Å². The minimum atomic E-state index is -0.945. The fourth-order valence-electron chi connectivity index (χ4n) is 2.20. The summed E-state index contributed by atoms with van der Waals surface area (Å²) < 4.78 is 7.87. The van der Waals surface area contributed by atoms with E-state index in [9.17, 15) is 9.59 Å². The van der Waals surface area contributed by atoms with Gasteiger partial charge in [0.25, 0.3) is 11.5 Å². The Morgan fingerprint density at radius 3 is 2.65 bits per heavy atom. The largest absolute Gasteiger partial charge is 0.438 e. The van der Waals surface area contributed by atoms with Crippen molar-refractivity contribution < 1.29 is 9.53 Å². The number of benzene rings is 1. The molecule has 0 radical (unpaired) electrons. The maximum Gasteiger partial charge on any atom is 0.269 e. The molecule has 2 heterocycles. The number of ether oxygens (including phenoxy) is 1. The average molecular weight is 411 g/mol. The van der Waals surface area contributed by atoms with Crippen LogP contribution in [-0.2, 0) is 4.79 Å². The Hall–Kier alpha value is -3.44. The molecule has 3 rings (SSSR count). The number of halogens is 1. The molecule has 0 saturated heterocycles. The van der Waals surface area contributed by atoms with E-state index in [4.69, 9.17) is 15.7 Å². The number of nitrogens with two attached hydrogens (primary N) is 1. The molecule has 0 bridgehead atoms. The molecule has 3 aromatic rings. The van der Waals surface area contributed by atoms with Gasteiger partial charge >= 0.3 is 0 Å². The molecular formula is C18H11BrN4O3. The third kappa shape index (κ3) is 3.48. The normalized spacial score (nSPS) is 11.2. The minimum Gasteiger partial charge on any atom is -0.438 e. The third-order valence-electron chi connectivity index (χ3n) is 3.44. The number of amides is 1. The van der Waals surface area contributed by atoms with Crippen molar-refractivity contribution in [1.29, 1.82) is 5.26 Å². The standard InChI is InChI=1S/C18H11BrN4O3/c19-12-4-6-13(7-5-12)26-17-14(9-11(10-20)16(21)24)18(25)23-8-2-1-3-15(23)22-17/h1-9H,(H2,21,24). The van der Waals surface area contributed by atoms with Gasteiger partial charge in [-0.25, -0.2) is 0 Å². The van der Waals surface area contributed by atoms with Crippen molar-refractivity contribution in [3.05, 3.63) is 74.6 Å². The molecule has 8 heteroatoms. The fraction of sp³-hybridized carbons (Fsp3) is 0. The van der Waals surface area contributed by atoms with Gasteiger partial charge in [-0.2, -0.15) is 10.2 Å². The summed E-state index contributed by atoms with van der Waals surface area (Å²) in [5.74, 6) is -0.537. The molecule has 0 aliphatic rings. The lowest BCUT2D eigenvalue weighted by Crippen LogP contribution is -2.20. The second-order valence-electron chi connectivity index (χ2n) is 5.15. The maximum atomic E-state index is 12.8. The van der Waals surface area contributed by atoms with Crippen molar-refractivity contribution in [3.63, 3.8) is 0 Å². The highest BCUT2D eigenvalue weighted by Crippen LogP contribution is 2.25. The van der Waals surface area contributed by atoms with Crippen molar-refractivity contribution >= 4 is 33.6 Å². The summed E-state index contributed by atoms with van der Waals surface area (Å²) in [6, 6.07) is 13.6. The Morgan fingerprint density at radius 1 is 1.27 bits per heavy atom. The van der Waals surface area contributed by atoms with E-state index in [2.05, 4.69) is 20.9 Å². The number of hydrogen-bond donors (Lipinski definition) is 1. The lowest BCUT2D eigenvalue weighted by Gasteiger charge is -2.10. The molecular weight excluding hydrogens is 400 g/mol. The van der Waals surface area contributed by atoms with Gasteiger partial charge in [-0.3, -0.25) is 14.0 Å². The van der Waals surface area contributed by atoms with E-state index in [1.807, 2.05) is 0 Å². The van der Waals surface area contributed by atoms with E-state index in [-0.39, 0.29) is 17.0 Å². The summed E-state index contributed by atoms with van der Waals surface area (Å²) in [6.45, 7) is 0. The predicted octanol–water partition coefficient (Wildman–Crippen LogP) is 2.64. The molecule has 2 aromatic heterocycles. The SMILES string of the molecule is N#CC(=Cc1c(Oc2ccc(Br)cc2)nc2ccccn2c1=O)C(N)=O. The molecule has 0 fully saturated rings. The summed E-state index contributed by atoms with van der Waals surface area (Å²) in [5, 5.41) is 9.08. The Morgan fingerprint density at radius 2 is 2.00 bits per heavy atom. The van der Waals surface area contributed by atoms with Crippen LogP contribution in [0.4, 0.5) is 0 Å². The molecule has 1 aromatic carbocycles. The van der Waals surface area contributed by atoms with Gasteiger partial charge in [0.15, 0.2) is 0 Å². The zero-order valence-corrected chi connectivity index (χ0v) is 14.8. The van der Waals surface area contributed by atoms with Gasteiger partial charge in [0.1, 0.15) is 28.6 Å². The van der Waals surface area contributed by atoms with Crippen molar-refractivity contribution in [2.45, 2.75) is 0 Å². The molecule has 0 aliphatic heterocycles. The van der Waals surface area contributed by atoms with E-state index in [1.165, 1.54) is 10.6 Å². The van der Waals surface area contributed by atoms with Crippen LogP contribution in [0.2, 0.25) is 0 Å². The quantitative estimate of drug-likeness (QED) is 0.524. The minimum absolute atomic E-state index is 0.0301. The van der Waals surface area contributed by atoms with Crippen LogP contribution in [0.25, 0.3) is 11.7 Å². The Bertz CT molecular complexity index is 1130. The molecule has 0 unspecified atom stereocenters. The van der Waals surface area contributed by atoms with Gasteiger partial charge < -0.3 is 10.5 Å². The first kappa shape index (κ1) is 17.4. The number of hydrogen-bond acceptors (Lipinski definition) is 5. The molecule has 0 saturated carbocycles. The molecule has 0 spiro atoms. The lowest BCUT2D eigenvalue weighted by molar-refractivity contribution is -0.114. The van der Waals surface area contributed by atoms with E-state index in [1.54, 1.807) is 48.5 Å². The smallest absolute Gasteiger partial charge is 0.269 e. The Kier molecular flexibility index (Phi) is 4.82. The number of rotatable bonds is 4. The van der Waals surface area contributed by atoms with Gasteiger partial charge in [-0.15, -0.1) is 0 Å². The zero-order valence-electron chi connectivity index (χ0n) is 13.2. The van der Waals surface area contributed by atoms with Gasteiger partial charge in [0.05, 0.1) is 0 Å². The van der Waals surface area contributed by atoms with Crippen molar-refractivity contribution in [3.8, 4) is 17.7 Å². The first-order chi connectivity index (χ1) is 12.5. The number of pyridine rings is 1. The van der Waals surface area contributed by atoms with Crippen LogP contribution in [0.15, 0.2) is 63.5 Å². The highest BCUT2D eigenvalue weighted by Gasteiger charge is 2.16. The van der Waals surface area contributed by atoms with Crippen LogP contribution < -0.4 is 16.0 Å². The molecule has 7 nitrogen and oxygen atoms in total. The van der Waals surface area contributed by atoms with Gasteiger partial charge in [-0.05, 0) is 42.5 Å². The van der Waals surface area contributed by atoms with Gasteiger partial charge in [-0.1, -0.05) is 22.0 Å². The molecule has 2 N–H and O–H groups in total. The number of carbonyl (C=O) groups is 1. The van der Waals surface area contributed by atoms with Crippen LogP contribution in [0.5, 0.6) is 11.6 Å². The number of carbonyl (C=O) groups excluding carboxylic acids is 1. The summed E-state index contributed by atoms with van der Waals surface area (Å²) in [7, 11) is 0. The predicted molar refractivity (Wildman–Crippen MR) is 98.5 cm³/mol. The van der Waals surface area contributed by atoms with Gasteiger partial charge in [0, 0.05) is 10.7 Å².